The van der Waals surface area contributed by atoms with Crippen LogP contribution in [0.15, 0.2) is 60.8 Å². The summed E-state index contributed by atoms with van der Waals surface area (Å²) < 4.78 is 10.6. The van der Waals surface area contributed by atoms with Crippen molar-refractivity contribution in [1.82, 2.24) is 4.98 Å². The molecular formula is C22H23N3O3. The first-order chi connectivity index (χ1) is 13.6. The Kier molecular flexibility index (Phi) is 6.11. The van der Waals surface area contributed by atoms with Crippen LogP contribution in [-0.4, -0.2) is 25.1 Å². The van der Waals surface area contributed by atoms with Crippen LogP contribution in [0.3, 0.4) is 0 Å². The number of hydrogen-bond donors (Lipinski definition) is 2. The molecule has 0 radical (unpaired) electrons. The Morgan fingerprint density at radius 3 is 2.29 bits per heavy atom. The molecule has 1 heterocycles. The van der Waals surface area contributed by atoms with Crippen LogP contribution in [0.4, 0.5) is 11.5 Å². The van der Waals surface area contributed by atoms with Gasteiger partial charge in [-0.3, -0.25) is 4.79 Å². The number of nitrogens with zero attached hydrogens (tertiary/aromatic N) is 1. The van der Waals surface area contributed by atoms with Crippen molar-refractivity contribution < 1.29 is 14.3 Å². The Labute approximate surface area is 164 Å². The lowest BCUT2D eigenvalue weighted by atomic mass is 10.1. The Balaban J connectivity index is 1.68. The van der Waals surface area contributed by atoms with Crippen LogP contribution in [-0.2, 0) is 6.54 Å². The van der Waals surface area contributed by atoms with Crippen LogP contribution >= 0.6 is 0 Å². The lowest BCUT2D eigenvalue weighted by molar-refractivity contribution is 0.102. The minimum absolute atomic E-state index is 0.330. The lowest BCUT2D eigenvalue weighted by Gasteiger charge is -2.13. The largest absolute Gasteiger partial charge is 0.496 e. The van der Waals surface area contributed by atoms with Crippen LogP contribution in [0.25, 0.3) is 0 Å². The fourth-order valence-electron chi connectivity index (χ4n) is 2.83. The molecule has 6 nitrogen and oxygen atoms in total. The average molecular weight is 377 g/mol. The SMILES string of the molecule is COc1cccc(OC)c1C(=O)Nc1ccc(NCc2ccccc2C)cn1. The topological polar surface area (TPSA) is 72.5 Å². The van der Waals surface area contributed by atoms with Crippen LogP contribution in [0.2, 0.25) is 0 Å². The van der Waals surface area contributed by atoms with Gasteiger partial charge in [0.1, 0.15) is 22.9 Å². The average Bonchev–Trinajstić information content (AvgIpc) is 2.73. The van der Waals surface area contributed by atoms with Gasteiger partial charge in [-0.15, -0.1) is 0 Å². The highest BCUT2D eigenvalue weighted by molar-refractivity contribution is 6.07. The maximum Gasteiger partial charge on any atom is 0.264 e. The lowest BCUT2D eigenvalue weighted by Crippen LogP contribution is -2.15. The molecular weight excluding hydrogens is 354 g/mol. The van der Waals surface area contributed by atoms with Crippen LogP contribution in [0.1, 0.15) is 21.5 Å². The molecule has 0 aliphatic rings. The van der Waals surface area contributed by atoms with E-state index >= 15 is 0 Å². The smallest absolute Gasteiger partial charge is 0.264 e. The highest BCUT2D eigenvalue weighted by Gasteiger charge is 2.18. The zero-order chi connectivity index (χ0) is 19.9. The summed E-state index contributed by atoms with van der Waals surface area (Å²) in [5.74, 6) is 0.976. The van der Waals surface area contributed by atoms with E-state index in [0.717, 1.165) is 5.69 Å². The predicted molar refractivity (Wildman–Crippen MR) is 110 cm³/mol. The molecule has 0 atom stereocenters. The first-order valence-corrected chi connectivity index (χ1v) is 8.89. The number of methoxy groups -OCH3 is 2. The van der Waals surface area contributed by atoms with Crippen LogP contribution in [0, 0.1) is 6.92 Å². The molecule has 1 amide bonds. The molecule has 0 saturated heterocycles. The number of ether oxygens (including phenoxy) is 2. The molecule has 0 aliphatic heterocycles. The number of benzene rings is 2. The van der Waals surface area contributed by atoms with Gasteiger partial charge < -0.3 is 20.1 Å². The van der Waals surface area contributed by atoms with E-state index in [0.29, 0.717) is 29.4 Å². The van der Waals surface area contributed by atoms with Gasteiger partial charge in [0.15, 0.2) is 0 Å². The molecule has 1 aromatic heterocycles. The highest BCUT2D eigenvalue weighted by Crippen LogP contribution is 2.29. The summed E-state index contributed by atoms with van der Waals surface area (Å²) in [6.07, 6.45) is 1.69. The number of nitrogens with one attached hydrogen (secondary N) is 2. The van der Waals surface area contributed by atoms with Gasteiger partial charge in [-0.25, -0.2) is 4.98 Å². The van der Waals surface area contributed by atoms with E-state index in [1.54, 1.807) is 30.5 Å². The molecule has 6 heteroatoms. The van der Waals surface area contributed by atoms with Crippen LogP contribution in [0.5, 0.6) is 11.5 Å². The summed E-state index contributed by atoms with van der Waals surface area (Å²) in [7, 11) is 3.03. The third-order valence-corrected chi connectivity index (χ3v) is 4.40. The Morgan fingerprint density at radius 2 is 1.68 bits per heavy atom. The number of amides is 1. The van der Waals surface area contributed by atoms with E-state index in [9.17, 15) is 4.79 Å². The number of carbonyl (C=O) groups excluding carboxylic acids is 1. The van der Waals surface area contributed by atoms with Gasteiger partial charge in [0.25, 0.3) is 5.91 Å². The molecule has 0 unspecified atom stereocenters. The zero-order valence-corrected chi connectivity index (χ0v) is 16.2. The molecule has 0 fully saturated rings. The van der Waals surface area contributed by atoms with Gasteiger partial charge in [-0.05, 0) is 42.3 Å². The Hall–Kier alpha value is -3.54. The number of hydrogen-bond acceptors (Lipinski definition) is 5. The number of pyridine rings is 1. The Morgan fingerprint density at radius 1 is 0.964 bits per heavy atom. The number of carbonyl (C=O) groups is 1. The summed E-state index contributed by atoms with van der Waals surface area (Å²) in [6.45, 7) is 2.79. The number of rotatable bonds is 7. The van der Waals surface area contributed by atoms with Crippen molar-refractivity contribution in [2.24, 2.45) is 0 Å². The van der Waals surface area contributed by atoms with E-state index in [1.165, 1.54) is 25.3 Å². The monoisotopic (exact) mass is 377 g/mol. The van der Waals surface area contributed by atoms with Gasteiger partial charge in [0.05, 0.1) is 26.1 Å². The normalized spacial score (nSPS) is 10.2. The predicted octanol–water partition coefficient (Wildman–Crippen LogP) is 4.27. The van der Waals surface area contributed by atoms with Crippen LogP contribution < -0.4 is 20.1 Å². The van der Waals surface area contributed by atoms with Crippen molar-refractivity contribution >= 4 is 17.4 Å². The maximum atomic E-state index is 12.7. The molecule has 28 heavy (non-hydrogen) atoms. The van der Waals surface area contributed by atoms with Gasteiger partial charge in [-0.2, -0.15) is 0 Å². The third kappa shape index (κ3) is 4.40. The molecule has 2 aromatic carbocycles. The van der Waals surface area contributed by atoms with Crippen molar-refractivity contribution in [2.45, 2.75) is 13.5 Å². The highest BCUT2D eigenvalue weighted by atomic mass is 16.5. The number of aromatic nitrogens is 1. The molecule has 0 spiro atoms. The molecule has 2 N–H and O–H groups in total. The first-order valence-electron chi connectivity index (χ1n) is 8.89. The molecule has 3 aromatic rings. The molecule has 3 rings (SSSR count). The van der Waals surface area contributed by atoms with Gasteiger partial charge in [0.2, 0.25) is 0 Å². The fourth-order valence-corrected chi connectivity index (χ4v) is 2.83. The van der Waals surface area contributed by atoms with Gasteiger partial charge in [-0.1, -0.05) is 30.3 Å². The van der Waals surface area contributed by atoms with Gasteiger partial charge in [0, 0.05) is 6.54 Å². The molecule has 144 valence electrons. The second-order valence-electron chi connectivity index (χ2n) is 6.20. The van der Waals surface area contributed by atoms with Crippen molar-refractivity contribution in [1.29, 1.82) is 0 Å². The van der Waals surface area contributed by atoms with Crippen molar-refractivity contribution in [3.8, 4) is 11.5 Å². The third-order valence-electron chi connectivity index (χ3n) is 4.40. The standard InChI is InChI=1S/C22H23N3O3/c1-15-7-4-5-8-16(15)13-23-17-11-12-20(24-14-17)25-22(26)21-18(27-2)9-6-10-19(21)28-3/h4-12,14,23H,13H2,1-3H3,(H,24,25,26). The second-order valence-corrected chi connectivity index (χ2v) is 6.20. The van der Waals surface area contributed by atoms with E-state index in [-0.39, 0.29) is 5.91 Å². The molecule has 0 aliphatic carbocycles. The van der Waals surface area contributed by atoms with E-state index in [4.69, 9.17) is 9.47 Å². The summed E-state index contributed by atoms with van der Waals surface area (Å²) in [5.41, 5.74) is 3.66. The zero-order valence-electron chi connectivity index (χ0n) is 16.2. The number of aryl methyl sites for hydroxylation is 1. The fraction of sp³-hybridized carbons (Fsp3) is 0.182. The van der Waals surface area contributed by atoms with Crippen molar-refractivity contribution in [3.05, 3.63) is 77.5 Å². The summed E-state index contributed by atoms with van der Waals surface area (Å²) >= 11 is 0. The summed E-state index contributed by atoms with van der Waals surface area (Å²) in [4.78, 5) is 17.0. The van der Waals surface area contributed by atoms with E-state index in [2.05, 4.69) is 34.7 Å². The minimum Gasteiger partial charge on any atom is -0.496 e. The minimum atomic E-state index is -0.345. The number of anilines is 2. The Bertz CT molecular complexity index is 933. The summed E-state index contributed by atoms with van der Waals surface area (Å²) in [6, 6.07) is 17.0. The quantitative estimate of drug-likeness (QED) is 0.643. The second kappa shape index (κ2) is 8.90. The maximum absolute atomic E-state index is 12.7. The van der Waals surface area contributed by atoms with Crippen molar-refractivity contribution in [2.75, 3.05) is 24.9 Å². The van der Waals surface area contributed by atoms with Gasteiger partial charge >= 0.3 is 0 Å². The first kappa shape index (κ1) is 19.2. The van der Waals surface area contributed by atoms with E-state index < -0.39 is 0 Å². The van der Waals surface area contributed by atoms with E-state index in [1.807, 2.05) is 18.2 Å². The van der Waals surface area contributed by atoms with Crippen molar-refractivity contribution in [3.63, 3.8) is 0 Å². The summed E-state index contributed by atoms with van der Waals surface area (Å²) in [5, 5.41) is 6.12. The molecule has 0 bridgehead atoms. The molecule has 0 saturated carbocycles.